The standard InChI is InChI=1S/C18H25FN2O2/c1-12(2)11-17(22)21-10-6-9-16(21)18(23)20-13(3)14-7-4-5-8-15(14)19/h4-5,7-8,12-13,16H,6,9-11H2,1-3H3,(H,20,23)/t13-,16?/m0/s1. The molecule has 2 atom stereocenters. The maximum absolute atomic E-state index is 13.8. The number of nitrogens with one attached hydrogen (secondary N) is 1. The van der Waals surface area contributed by atoms with Crippen molar-refractivity contribution in [3.05, 3.63) is 35.6 Å². The lowest BCUT2D eigenvalue weighted by Crippen LogP contribution is -2.46. The Hall–Kier alpha value is -1.91. The second-order valence-electron chi connectivity index (χ2n) is 6.59. The smallest absolute Gasteiger partial charge is 0.243 e. The molecule has 1 unspecified atom stereocenters. The Morgan fingerprint density at radius 2 is 2.00 bits per heavy atom. The SMILES string of the molecule is CC(C)CC(=O)N1CCCC1C(=O)N[C@@H](C)c1ccccc1F. The average Bonchev–Trinajstić information content (AvgIpc) is 2.96. The summed E-state index contributed by atoms with van der Waals surface area (Å²) in [5, 5.41) is 2.84. The van der Waals surface area contributed by atoms with Gasteiger partial charge in [0.1, 0.15) is 11.9 Å². The van der Waals surface area contributed by atoms with Crippen LogP contribution in [0.3, 0.4) is 0 Å². The topological polar surface area (TPSA) is 49.4 Å². The first-order valence-corrected chi connectivity index (χ1v) is 8.24. The molecule has 0 aliphatic carbocycles. The highest BCUT2D eigenvalue weighted by atomic mass is 19.1. The highest BCUT2D eigenvalue weighted by Gasteiger charge is 2.34. The molecule has 2 amide bonds. The Morgan fingerprint density at radius 1 is 1.30 bits per heavy atom. The van der Waals surface area contributed by atoms with Crippen molar-refractivity contribution >= 4 is 11.8 Å². The Bertz CT molecular complexity index is 574. The van der Waals surface area contributed by atoms with Crippen molar-refractivity contribution in [2.24, 2.45) is 5.92 Å². The molecule has 0 spiro atoms. The van der Waals surface area contributed by atoms with Gasteiger partial charge in [-0.15, -0.1) is 0 Å². The van der Waals surface area contributed by atoms with E-state index in [2.05, 4.69) is 5.32 Å². The number of hydrogen-bond acceptors (Lipinski definition) is 2. The molecular formula is C18H25FN2O2. The third-order valence-electron chi connectivity index (χ3n) is 4.19. The number of amides is 2. The lowest BCUT2D eigenvalue weighted by atomic mass is 10.1. The molecule has 126 valence electrons. The van der Waals surface area contributed by atoms with E-state index in [9.17, 15) is 14.0 Å². The van der Waals surface area contributed by atoms with Crippen molar-refractivity contribution in [1.29, 1.82) is 0 Å². The molecule has 1 saturated heterocycles. The maximum atomic E-state index is 13.8. The minimum absolute atomic E-state index is 0.0243. The normalized spacial score (nSPS) is 19.0. The van der Waals surface area contributed by atoms with Crippen LogP contribution in [0.25, 0.3) is 0 Å². The molecule has 1 N–H and O–H groups in total. The van der Waals surface area contributed by atoms with E-state index in [1.165, 1.54) is 6.07 Å². The van der Waals surface area contributed by atoms with E-state index in [-0.39, 0.29) is 23.5 Å². The number of likely N-dealkylation sites (tertiary alicyclic amines) is 1. The fourth-order valence-corrected chi connectivity index (χ4v) is 3.02. The van der Waals surface area contributed by atoms with Gasteiger partial charge in [-0.1, -0.05) is 32.0 Å². The van der Waals surface area contributed by atoms with E-state index in [1.54, 1.807) is 30.0 Å². The number of halogens is 1. The Kier molecular flexibility index (Phi) is 5.74. The van der Waals surface area contributed by atoms with E-state index in [0.29, 0.717) is 24.9 Å². The molecule has 1 aromatic carbocycles. The molecule has 1 heterocycles. The summed E-state index contributed by atoms with van der Waals surface area (Å²) in [6.45, 7) is 6.36. The zero-order chi connectivity index (χ0) is 17.0. The van der Waals surface area contributed by atoms with Gasteiger partial charge in [0.15, 0.2) is 0 Å². The van der Waals surface area contributed by atoms with Gasteiger partial charge in [-0.25, -0.2) is 4.39 Å². The van der Waals surface area contributed by atoms with Crippen molar-refractivity contribution in [2.75, 3.05) is 6.54 Å². The van der Waals surface area contributed by atoms with Crippen LogP contribution in [0.1, 0.15) is 51.6 Å². The van der Waals surface area contributed by atoms with Crippen LogP contribution in [0.15, 0.2) is 24.3 Å². The van der Waals surface area contributed by atoms with Crippen molar-refractivity contribution < 1.29 is 14.0 Å². The summed E-state index contributed by atoms with van der Waals surface area (Å²) >= 11 is 0. The Labute approximate surface area is 137 Å². The van der Waals surface area contributed by atoms with E-state index >= 15 is 0 Å². The third-order valence-corrected chi connectivity index (χ3v) is 4.19. The number of carbonyl (C=O) groups is 2. The minimum atomic E-state index is -0.435. The van der Waals surface area contributed by atoms with Gasteiger partial charge in [0.25, 0.3) is 0 Å². The van der Waals surface area contributed by atoms with Crippen LogP contribution in [0.2, 0.25) is 0 Å². The molecule has 2 rings (SSSR count). The van der Waals surface area contributed by atoms with Crippen LogP contribution in [0.5, 0.6) is 0 Å². The maximum Gasteiger partial charge on any atom is 0.243 e. The highest BCUT2D eigenvalue weighted by molar-refractivity contribution is 5.88. The number of carbonyl (C=O) groups excluding carboxylic acids is 2. The average molecular weight is 320 g/mol. The predicted octanol–water partition coefficient (Wildman–Crippen LogP) is 3.04. The lowest BCUT2D eigenvalue weighted by molar-refractivity contribution is -0.139. The van der Waals surface area contributed by atoms with Gasteiger partial charge in [-0.2, -0.15) is 0 Å². The molecule has 1 aliphatic rings. The van der Waals surface area contributed by atoms with Gasteiger partial charge in [-0.3, -0.25) is 9.59 Å². The quantitative estimate of drug-likeness (QED) is 0.906. The first kappa shape index (κ1) is 17.4. The molecule has 4 nitrogen and oxygen atoms in total. The Morgan fingerprint density at radius 3 is 2.65 bits per heavy atom. The highest BCUT2D eigenvalue weighted by Crippen LogP contribution is 2.22. The summed E-state index contributed by atoms with van der Waals surface area (Å²) < 4.78 is 13.8. The zero-order valence-corrected chi connectivity index (χ0v) is 14.0. The third kappa shape index (κ3) is 4.30. The second kappa shape index (κ2) is 7.57. The monoisotopic (exact) mass is 320 g/mol. The lowest BCUT2D eigenvalue weighted by Gasteiger charge is -2.26. The van der Waals surface area contributed by atoms with Crippen molar-refractivity contribution in [1.82, 2.24) is 10.2 Å². The van der Waals surface area contributed by atoms with Gasteiger partial charge in [0.05, 0.1) is 6.04 Å². The van der Waals surface area contributed by atoms with Gasteiger partial charge < -0.3 is 10.2 Å². The van der Waals surface area contributed by atoms with Crippen LogP contribution < -0.4 is 5.32 Å². The van der Waals surface area contributed by atoms with E-state index in [4.69, 9.17) is 0 Å². The van der Waals surface area contributed by atoms with Gasteiger partial charge in [-0.05, 0) is 31.7 Å². The van der Waals surface area contributed by atoms with Gasteiger partial charge in [0, 0.05) is 18.5 Å². The summed E-state index contributed by atoms with van der Waals surface area (Å²) in [5.41, 5.74) is 0.457. The first-order chi connectivity index (χ1) is 10.9. The Balaban J connectivity index is 2.02. The molecule has 0 bridgehead atoms. The van der Waals surface area contributed by atoms with Crippen LogP contribution >= 0.6 is 0 Å². The van der Waals surface area contributed by atoms with Gasteiger partial charge in [0.2, 0.25) is 11.8 Å². The molecule has 5 heteroatoms. The van der Waals surface area contributed by atoms with Gasteiger partial charge >= 0.3 is 0 Å². The molecule has 0 saturated carbocycles. The summed E-state index contributed by atoms with van der Waals surface area (Å²) in [7, 11) is 0. The molecular weight excluding hydrogens is 295 g/mol. The zero-order valence-electron chi connectivity index (χ0n) is 14.0. The molecule has 1 aromatic rings. The number of hydrogen-bond donors (Lipinski definition) is 1. The summed E-state index contributed by atoms with van der Waals surface area (Å²) in [6.07, 6.45) is 1.95. The summed E-state index contributed by atoms with van der Waals surface area (Å²) in [4.78, 5) is 26.5. The fourth-order valence-electron chi connectivity index (χ4n) is 3.02. The van der Waals surface area contributed by atoms with Crippen molar-refractivity contribution in [3.8, 4) is 0 Å². The summed E-state index contributed by atoms with van der Waals surface area (Å²) in [5.74, 6) is -0.241. The van der Waals surface area contributed by atoms with Crippen molar-refractivity contribution in [3.63, 3.8) is 0 Å². The molecule has 1 fully saturated rings. The van der Waals surface area contributed by atoms with E-state index < -0.39 is 12.1 Å². The second-order valence-corrected chi connectivity index (χ2v) is 6.59. The molecule has 1 aliphatic heterocycles. The summed E-state index contributed by atoms with van der Waals surface area (Å²) in [6, 6.07) is 5.55. The molecule has 23 heavy (non-hydrogen) atoms. The van der Waals surface area contributed by atoms with Crippen LogP contribution in [-0.4, -0.2) is 29.3 Å². The van der Waals surface area contributed by atoms with E-state index in [0.717, 1.165) is 6.42 Å². The molecule has 0 radical (unpaired) electrons. The van der Waals surface area contributed by atoms with E-state index in [1.807, 2.05) is 13.8 Å². The van der Waals surface area contributed by atoms with Crippen LogP contribution in [-0.2, 0) is 9.59 Å². The minimum Gasteiger partial charge on any atom is -0.348 e. The number of rotatable bonds is 5. The number of benzene rings is 1. The fraction of sp³-hybridized carbons (Fsp3) is 0.556. The largest absolute Gasteiger partial charge is 0.348 e. The van der Waals surface area contributed by atoms with Crippen LogP contribution in [0.4, 0.5) is 4.39 Å². The van der Waals surface area contributed by atoms with Crippen molar-refractivity contribution in [2.45, 2.75) is 52.1 Å². The predicted molar refractivity (Wildman–Crippen MR) is 87.1 cm³/mol. The first-order valence-electron chi connectivity index (χ1n) is 8.24. The molecule has 0 aromatic heterocycles. The van der Waals surface area contributed by atoms with Crippen LogP contribution in [0, 0.1) is 11.7 Å². The number of nitrogens with zero attached hydrogens (tertiary/aromatic N) is 1.